The van der Waals surface area contributed by atoms with Gasteiger partial charge in [0.25, 0.3) is 12.3 Å². The highest BCUT2D eigenvalue weighted by atomic mass is 35.5. The summed E-state index contributed by atoms with van der Waals surface area (Å²) in [4.78, 5) is 37.4. The third kappa shape index (κ3) is 7.30. The zero-order valence-corrected chi connectivity index (χ0v) is 30.7. The van der Waals surface area contributed by atoms with Crippen LogP contribution in [0, 0.1) is 16.8 Å². The fraction of sp³-hybridized carbons (Fsp3) is 0.459. The Labute approximate surface area is 316 Å². The molecule has 2 aromatic heterocycles. The molecule has 3 aliphatic rings. The second-order valence-electron chi connectivity index (χ2n) is 15.6. The van der Waals surface area contributed by atoms with Crippen LogP contribution in [0.4, 0.5) is 26.3 Å². The van der Waals surface area contributed by atoms with Crippen LogP contribution < -0.4 is 5.73 Å². The van der Waals surface area contributed by atoms with E-state index in [-0.39, 0.29) is 53.1 Å². The maximum atomic E-state index is 15.0. The van der Waals surface area contributed by atoms with Gasteiger partial charge in [0.2, 0.25) is 5.95 Å². The summed E-state index contributed by atoms with van der Waals surface area (Å²) >= 11 is 6.44. The van der Waals surface area contributed by atoms with E-state index in [4.69, 9.17) is 27.1 Å². The average Bonchev–Trinajstić information content (AvgIpc) is 4.00. The zero-order valence-electron chi connectivity index (χ0n) is 30.0. The Kier molecular flexibility index (Phi) is 9.53. The molecule has 1 amide bonds. The first-order valence-electron chi connectivity index (χ1n) is 17.6. The number of alkyl halides is 5. The molecular formula is C37H37ClF6N8O3. The first kappa shape index (κ1) is 38.3. The summed E-state index contributed by atoms with van der Waals surface area (Å²) in [6.07, 6.45) is -4.55. The highest BCUT2D eigenvalue weighted by Gasteiger charge is 2.64. The van der Waals surface area contributed by atoms with E-state index < -0.39 is 71.7 Å². The van der Waals surface area contributed by atoms with E-state index >= 15 is 0 Å². The second-order valence-corrected chi connectivity index (χ2v) is 16.0. The molecule has 2 atom stereocenters. The van der Waals surface area contributed by atoms with Crippen molar-refractivity contribution in [3.63, 3.8) is 0 Å². The standard InChI is InChI=1S/C37H37ClF6N8O3/c1-34(2,3)18-36(22-7-4-20(5-8-22)24-16-50(23-9-10-23)49-30(24)41)32(54)51(33(45)48-36)27(17-55-28(53)15-35(12-13-35)37(42,43)44)21-6-11-25(38)26(14-21)52-31(29(39)40)46-19-47-52/h4-8,11,14,16,19,23,27,29H,9-10,12-13,15,17-18H2,1-3H3,(H2,45,48)/t27-,36-/m1/s1. The van der Waals surface area contributed by atoms with E-state index in [9.17, 15) is 35.9 Å². The molecular weight excluding hydrogens is 754 g/mol. The number of guanidine groups is 1. The van der Waals surface area contributed by atoms with Crippen molar-refractivity contribution >= 4 is 29.4 Å². The van der Waals surface area contributed by atoms with Gasteiger partial charge in [0.05, 0.1) is 40.2 Å². The Bertz CT molecular complexity index is 2150. The van der Waals surface area contributed by atoms with Gasteiger partial charge >= 0.3 is 12.1 Å². The minimum atomic E-state index is -4.62. The molecule has 2 saturated carbocycles. The monoisotopic (exact) mass is 790 g/mol. The summed E-state index contributed by atoms with van der Waals surface area (Å²) in [5.74, 6) is -3.46. The summed E-state index contributed by atoms with van der Waals surface area (Å²) < 4.78 is 91.7. The first-order chi connectivity index (χ1) is 25.8. The smallest absolute Gasteiger partial charge is 0.395 e. The molecule has 0 saturated heterocycles. The topological polar surface area (TPSA) is 134 Å². The number of carbonyl (C=O) groups excluding carboxylic acids is 2. The van der Waals surface area contributed by atoms with Gasteiger partial charge in [-0.05, 0) is 66.3 Å². The molecule has 3 heterocycles. The molecule has 4 aromatic rings. The number of rotatable bonds is 12. The highest BCUT2D eigenvalue weighted by Crippen LogP contribution is 2.60. The molecule has 292 valence electrons. The molecule has 0 unspecified atom stereocenters. The maximum absolute atomic E-state index is 15.0. The van der Waals surface area contributed by atoms with Crippen LogP contribution in [0.1, 0.15) is 94.8 Å². The number of nitrogens with two attached hydrogens (primary N) is 1. The van der Waals surface area contributed by atoms with Gasteiger partial charge < -0.3 is 10.5 Å². The lowest BCUT2D eigenvalue weighted by atomic mass is 9.75. The molecule has 2 aliphatic carbocycles. The minimum absolute atomic E-state index is 0.0246. The average molecular weight is 791 g/mol. The SMILES string of the molecule is CC(C)(C)C[C@]1(c2ccc(-c3cn(C4CC4)nc3F)cc2)N=C(N)N([C@H](COC(=O)CC2(C(F)(F)F)CC2)c2ccc(Cl)c(-n3ncnc3C(F)F)c2)C1=O. The number of aromatic nitrogens is 5. The van der Waals surface area contributed by atoms with E-state index in [1.54, 1.807) is 35.1 Å². The first-order valence-corrected chi connectivity index (χ1v) is 18.0. The summed E-state index contributed by atoms with van der Waals surface area (Å²) in [7, 11) is 0. The summed E-state index contributed by atoms with van der Waals surface area (Å²) in [5, 5.41) is 7.86. The van der Waals surface area contributed by atoms with E-state index in [1.807, 2.05) is 20.8 Å². The van der Waals surface area contributed by atoms with Gasteiger partial charge in [-0.15, -0.1) is 5.10 Å². The summed E-state index contributed by atoms with van der Waals surface area (Å²) in [6.45, 7) is 5.00. The van der Waals surface area contributed by atoms with Crippen molar-refractivity contribution < 1.29 is 40.7 Å². The predicted octanol–water partition coefficient (Wildman–Crippen LogP) is 8.00. The highest BCUT2D eigenvalue weighted by molar-refractivity contribution is 6.32. The van der Waals surface area contributed by atoms with Gasteiger partial charge in [-0.25, -0.2) is 23.4 Å². The van der Waals surface area contributed by atoms with Crippen LogP contribution in [0.15, 0.2) is 60.0 Å². The lowest BCUT2D eigenvalue weighted by Gasteiger charge is -2.35. The minimum Gasteiger partial charge on any atom is -0.463 e. The fourth-order valence-corrected chi connectivity index (χ4v) is 7.30. The number of carbonyl (C=O) groups is 2. The van der Waals surface area contributed by atoms with Gasteiger partial charge in [-0.3, -0.25) is 19.2 Å². The van der Waals surface area contributed by atoms with Crippen molar-refractivity contribution in [1.29, 1.82) is 0 Å². The van der Waals surface area contributed by atoms with E-state index in [1.165, 1.54) is 18.2 Å². The summed E-state index contributed by atoms with van der Waals surface area (Å²) in [6, 6.07) is 9.54. The molecule has 2 N–H and O–H groups in total. The molecule has 2 fully saturated rings. The number of benzene rings is 2. The third-order valence-corrected chi connectivity index (χ3v) is 10.5. The number of aliphatic imine (C=N–C) groups is 1. The van der Waals surface area contributed by atoms with Gasteiger partial charge in [-0.1, -0.05) is 62.7 Å². The molecule has 1 aliphatic heterocycles. The fourth-order valence-electron chi connectivity index (χ4n) is 7.10. The van der Waals surface area contributed by atoms with Crippen LogP contribution in [-0.4, -0.2) is 60.1 Å². The van der Waals surface area contributed by atoms with E-state index in [2.05, 4.69) is 15.2 Å². The molecule has 0 radical (unpaired) electrons. The zero-order chi connectivity index (χ0) is 39.7. The predicted molar refractivity (Wildman–Crippen MR) is 187 cm³/mol. The normalized spacial score (nSPS) is 20.2. The van der Waals surface area contributed by atoms with Crippen molar-refractivity contribution in [1.82, 2.24) is 29.4 Å². The molecule has 55 heavy (non-hydrogen) atoms. The van der Waals surface area contributed by atoms with Crippen molar-refractivity contribution in [3.8, 4) is 16.8 Å². The second kappa shape index (κ2) is 13.7. The van der Waals surface area contributed by atoms with Crippen LogP contribution in [-0.2, 0) is 19.9 Å². The largest absolute Gasteiger partial charge is 0.463 e. The van der Waals surface area contributed by atoms with E-state index in [0.717, 1.165) is 28.8 Å². The lowest BCUT2D eigenvalue weighted by Crippen LogP contribution is -2.47. The number of halogens is 7. The van der Waals surface area contributed by atoms with Gasteiger partial charge in [0, 0.05) is 6.20 Å². The molecule has 0 spiro atoms. The number of hydrogen-bond donors (Lipinski definition) is 1. The van der Waals surface area contributed by atoms with Crippen LogP contribution in [0.3, 0.4) is 0 Å². The molecule has 11 nitrogen and oxygen atoms in total. The number of amides is 1. The van der Waals surface area contributed by atoms with Crippen LogP contribution >= 0.6 is 11.6 Å². The van der Waals surface area contributed by atoms with Crippen molar-refractivity contribution in [2.45, 2.75) is 89.5 Å². The maximum Gasteiger partial charge on any atom is 0.395 e. The van der Waals surface area contributed by atoms with E-state index in [0.29, 0.717) is 11.1 Å². The van der Waals surface area contributed by atoms with Crippen LogP contribution in [0.2, 0.25) is 5.02 Å². The Morgan fingerprint density at radius 3 is 2.38 bits per heavy atom. The Morgan fingerprint density at radius 1 is 1.09 bits per heavy atom. The van der Waals surface area contributed by atoms with Crippen LogP contribution in [0.5, 0.6) is 0 Å². The summed E-state index contributed by atoms with van der Waals surface area (Å²) in [5.41, 5.74) is 3.49. The van der Waals surface area contributed by atoms with Crippen molar-refractivity contribution in [2.24, 2.45) is 21.6 Å². The number of nitrogens with zero attached hydrogens (tertiary/aromatic N) is 7. The number of hydrogen-bond acceptors (Lipinski definition) is 8. The quantitative estimate of drug-likeness (QED) is 0.114. The Morgan fingerprint density at radius 2 is 1.78 bits per heavy atom. The Hall–Kier alpha value is -4.93. The van der Waals surface area contributed by atoms with Gasteiger partial charge in [-0.2, -0.15) is 22.7 Å². The molecule has 18 heteroatoms. The van der Waals surface area contributed by atoms with Crippen molar-refractivity contribution in [2.75, 3.05) is 6.61 Å². The molecule has 7 rings (SSSR count). The van der Waals surface area contributed by atoms with Gasteiger partial charge in [0.1, 0.15) is 12.9 Å². The van der Waals surface area contributed by atoms with Crippen LogP contribution in [0.25, 0.3) is 16.8 Å². The number of esters is 1. The third-order valence-electron chi connectivity index (χ3n) is 10.2. The number of ether oxygens (including phenoxy) is 1. The molecule has 2 aromatic carbocycles. The lowest BCUT2D eigenvalue weighted by molar-refractivity contribution is -0.195. The van der Waals surface area contributed by atoms with Crippen molar-refractivity contribution in [3.05, 3.63) is 82.9 Å². The Balaban J connectivity index is 1.27. The van der Waals surface area contributed by atoms with Gasteiger partial charge in [0.15, 0.2) is 17.3 Å². The molecule has 0 bridgehead atoms.